The summed E-state index contributed by atoms with van der Waals surface area (Å²) in [5, 5.41) is 4.21. The average Bonchev–Trinajstić information content (AvgIpc) is 2.51. The third kappa shape index (κ3) is 2.08. The number of rotatable bonds is 4. The smallest absolute Gasteiger partial charge is 0.0519 e. The van der Waals surface area contributed by atoms with E-state index >= 15 is 0 Å². The molecule has 0 saturated heterocycles. The van der Waals surface area contributed by atoms with Gasteiger partial charge in [-0.05, 0) is 12.0 Å². The summed E-state index contributed by atoms with van der Waals surface area (Å²) in [5.41, 5.74) is 6.67. The van der Waals surface area contributed by atoms with Gasteiger partial charge in [-0.2, -0.15) is 5.10 Å². The Bertz CT molecular complexity index is 229. The van der Waals surface area contributed by atoms with Crippen molar-refractivity contribution in [3.8, 4) is 0 Å². The maximum atomic E-state index is 5.55. The lowest BCUT2D eigenvalue weighted by molar-refractivity contribution is 0.429. The highest BCUT2D eigenvalue weighted by Crippen LogP contribution is 2.06. The van der Waals surface area contributed by atoms with Gasteiger partial charge in [0.2, 0.25) is 0 Å². The van der Waals surface area contributed by atoms with Crippen LogP contribution in [0.3, 0.4) is 0 Å². The molecule has 0 aliphatic carbocycles. The van der Waals surface area contributed by atoms with Crippen LogP contribution in [0.2, 0.25) is 0 Å². The van der Waals surface area contributed by atoms with Gasteiger partial charge in [0, 0.05) is 19.3 Å². The first-order valence-electron chi connectivity index (χ1n) is 4.48. The molecule has 3 heteroatoms. The van der Waals surface area contributed by atoms with Crippen LogP contribution in [0.4, 0.5) is 0 Å². The van der Waals surface area contributed by atoms with Crippen LogP contribution < -0.4 is 5.73 Å². The zero-order chi connectivity index (χ0) is 8.97. The van der Waals surface area contributed by atoms with E-state index in [4.69, 9.17) is 5.73 Å². The SMILES string of the molecule is CCC(C)Cn1nccc1CN. The van der Waals surface area contributed by atoms with Gasteiger partial charge in [0.25, 0.3) is 0 Å². The second-order valence-corrected chi connectivity index (χ2v) is 3.22. The lowest BCUT2D eigenvalue weighted by Crippen LogP contribution is -2.13. The summed E-state index contributed by atoms with van der Waals surface area (Å²) in [4.78, 5) is 0. The van der Waals surface area contributed by atoms with Gasteiger partial charge < -0.3 is 5.73 Å². The van der Waals surface area contributed by atoms with Crippen molar-refractivity contribution in [3.63, 3.8) is 0 Å². The fraction of sp³-hybridized carbons (Fsp3) is 0.667. The third-order valence-corrected chi connectivity index (χ3v) is 2.20. The lowest BCUT2D eigenvalue weighted by Gasteiger charge is -2.10. The van der Waals surface area contributed by atoms with Gasteiger partial charge in [0.05, 0.1) is 5.69 Å². The van der Waals surface area contributed by atoms with E-state index in [0.29, 0.717) is 12.5 Å². The molecule has 1 heterocycles. The van der Waals surface area contributed by atoms with Crippen molar-refractivity contribution in [2.75, 3.05) is 0 Å². The molecule has 1 aromatic rings. The van der Waals surface area contributed by atoms with Crippen LogP contribution in [-0.4, -0.2) is 9.78 Å². The highest BCUT2D eigenvalue weighted by molar-refractivity contribution is 4.99. The Labute approximate surface area is 73.6 Å². The minimum Gasteiger partial charge on any atom is -0.325 e. The van der Waals surface area contributed by atoms with E-state index in [1.54, 1.807) is 0 Å². The van der Waals surface area contributed by atoms with Crippen molar-refractivity contribution >= 4 is 0 Å². The second kappa shape index (κ2) is 4.26. The first-order valence-corrected chi connectivity index (χ1v) is 4.48. The normalized spacial score (nSPS) is 13.2. The number of hydrogen-bond acceptors (Lipinski definition) is 2. The Hall–Kier alpha value is -0.830. The minimum atomic E-state index is 0.580. The Balaban J connectivity index is 2.61. The Kier molecular flexibility index (Phi) is 3.29. The monoisotopic (exact) mass is 167 g/mol. The molecule has 2 N–H and O–H groups in total. The number of nitrogens with two attached hydrogens (primary N) is 1. The third-order valence-electron chi connectivity index (χ3n) is 2.20. The van der Waals surface area contributed by atoms with Crippen molar-refractivity contribution in [1.82, 2.24) is 9.78 Å². The topological polar surface area (TPSA) is 43.8 Å². The molecule has 1 aromatic heterocycles. The molecule has 68 valence electrons. The summed E-state index contributed by atoms with van der Waals surface area (Å²) in [6, 6.07) is 1.97. The lowest BCUT2D eigenvalue weighted by atomic mass is 10.1. The Morgan fingerprint density at radius 3 is 3.00 bits per heavy atom. The van der Waals surface area contributed by atoms with Crippen molar-refractivity contribution in [2.45, 2.75) is 33.4 Å². The fourth-order valence-electron chi connectivity index (χ4n) is 1.12. The van der Waals surface area contributed by atoms with Crippen LogP contribution in [0.15, 0.2) is 12.3 Å². The van der Waals surface area contributed by atoms with Crippen LogP contribution in [0, 0.1) is 5.92 Å². The molecule has 0 aliphatic rings. The molecule has 1 atom stereocenters. The summed E-state index contributed by atoms with van der Waals surface area (Å²) in [6.45, 7) is 5.98. The molecule has 0 saturated carbocycles. The molecular formula is C9H17N3. The molecule has 0 radical (unpaired) electrons. The molecule has 0 amide bonds. The standard InChI is InChI=1S/C9H17N3/c1-3-8(2)7-12-9(6-10)4-5-11-12/h4-5,8H,3,6-7,10H2,1-2H3. The van der Waals surface area contributed by atoms with Crippen LogP contribution in [-0.2, 0) is 13.1 Å². The van der Waals surface area contributed by atoms with Crippen LogP contribution in [0.1, 0.15) is 26.0 Å². The van der Waals surface area contributed by atoms with E-state index < -0.39 is 0 Å². The van der Waals surface area contributed by atoms with Gasteiger partial charge in [-0.15, -0.1) is 0 Å². The predicted molar refractivity (Wildman–Crippen MR) is 49.6 cm³/mol. The number of nitrogens with zero attached hydrogens (tertiary/aromatic N) is 2. The second-order valence-electron chi connectivity index (χ2n) is 3.22. The maximum absolute atomic E-state index is 5.55. The Morgan fingerprint density at radius 2 is 2.42 bits per heavy atom. The van der Waals surface area contributed by atoms with Gasteiger partial charge in [-0.25, -0.2) is 0 Å². The quantitative estimate of drug-likeness (QED) is 0.736. The summed E-state index contributed by atoms with van der Waals surface area (Å²) < 4.78 is 1.99. The Morgan fingerprint density at radius 1 is 1.67 bits per heavy atom. The van der Waals surface area contributed by atoms with Crippen molar-refractivity contribution < 1.29 is 0 Å². The fourth-order valence-corrected chi connectivity index (χ4v) is 1.12. The zero-order valence-electron chi connectivity index (χ0n) is 7.83. The highest BCUT2D eigenvalue weighted by Gasteiger charge is 2.03. The van der Waals surface area contributed by atoms with E-state index in [1.807, 2.05) is 16.9 Å². The van der Waals surface area contributed by atoms with Crippen LogP contribution in [0.25, 0.3) is 0 Å². The van der Waals surface area contributed by atoms with Crippen molar-refractivity contribution in [1.29, 1.82) is 0 Å². The average molecular weight is 167 g/mol. The van der Waals surface area contributed by atoms with Gasteiger partial charge in [0.1, 0.15) is 0 Å². The highest BCUT2D eigenvalue weighted by atomic mass is 15.3. The van der Waals surface area contributed by atoms with Crippen molar-refractivity contribution in [3.05, 3.63) is 18.0 Å². The molecule has 12 heavy (non-hydrogen) atoms. The maximum Gasteiger partial charge on any atom is 0.0519 e. The first kappa shape index (κ1) is 9.26. The molecule has 0 fully saturated rings. The molecular weight excluding hydrogens is 150 g/mol. The molecule has 0 aromatic carbocycles. The largest absolute Gasteiger partial charge is 0.325 e. The van der Waals surface area contributed by atoms with Gasteiger partial charge in [-0.1, -0.05) is 20.3 Å². The first-order chi connectivity index (χ1) is 5.77. The number of hydrogen-bond donors (Lipinski definition) is 1. The molecule has 1 rings (SSSR count). The van der Waals surface area contributed by atoms with E-state index in [0.717, 1.165) is 12.2 Å². The van der Waals surface area contributed by atoms with Gasteiger partial charge >= 0.3 is 0 Å². The van der Waals surface area contributed by atoms with Gasteiger partial charge in [0.15, 0.2) is 0 Å². The van der Waals surface area contributed by atoms with E-state index in [2.05, 4.69) is 18.9 Å². The summed E-state index contributed by atoms with van der Waals surface area (Å²) >= 11 is 0. The predicted octanol–water partition coefficient (Wildman–Crippen LogP) is 1.39. The molecule has 0 bridgehead atoms. The zero-order valence-corrected chi connectivity index (χ0v) is 7.83. The van der Waals surface area contributed by atoms with Crippen molar-refractivity contribution in [2.24, 2.45) is 11.7 Å². The van der Waals surface area contributed by atoms with Crippen LogP contribution >= 0.6 is 0 Å². The number of aromatic nitrogens is 2. The summed E-state index contributed by atoms with van der Waals surface area (Å²) in [6.07, 6.45) is 2.99. The van der Waals surface area contributed by atoms with Gasteiger partial charge in [-0.3, -0.25) is 4.68 Å². The summed E-state index contributed by atoms with van der Waals surface area (Å²) in [5.74, 6) is 0.676. The summed E-state index contributed by atoms with van der Waals surface area (Å²) in [7, 11) is 0. The molecule has 0 spiro atoms. The van der Waals surface area contributed by atoms with E-state index in [-0.39, 0.29) is 0 Å². The van der Waals surface area contributed by atoms with E-state index in [1.165, 1.54) is 6.42 Å². The molecule has 0 aliphatic heterocycles. The van der Waals surface area contributed by atoms with E-state index in [9.17, 15) is 0 Å². The molecule has 1 unspecified atom stereocenters. The molecule has 3 nitrogen and oxygen atoms in total. The van der Waals surface area contributed by atoms with Crippen LogP contribution in [0.5, 0.6) is 0 Å². The minimum absolute atomic E-state index is 0.580.